The Morgan fingerprint density at radius 1 is 1.25 bits per heavy atom. The molecule has 0 aliphatic rings. The zero-order chi connectivity index (χ0) is 20.0. The van der Waals surface area contributed by atoms with Gasteiger partial charge in [-0.2, -0.15) is 16.3 Å². The zero-order valence-corrected chi connectivity index (χ0v) is 16.2. The highest BCUT2D eigenvalue weighted by atomic mass is 32.1. The molecule has 0 spiro atoms. The quantitative estimate of drug-likeness (QED) is 0.572. The van der Waals surface area contributed by atoms with Crippen molar-refractivity contribution in [2.45, 2.75) is 31.6 Å². The lowest BCUT2D eigenvalue weighted by Gasteiger charge is -2.29. The first kappa shape index (κ1) is 19.8. The van der Waals surface area contributed by atoms with E-state index in [4.69, 9.17) is 4.52 Å². The van der Waals surface area contributed by atoms with E-state index in [-0.39, 0.29) is 18.9 Å². The van der Waals surface area contributed by atoms with E-state index < -0.39 is 11.4 Å². The number of rotatable bonds is 9. The van der Waals surface area contributed by atoms with Gasteiger partial charge < -0.3 is 14.9 Å². The van der Waals surface area contributed by atoms with Gasteiger partial charge in [0.1, 0.15) is 5.41 Å². The molecule has 2 N–H and O–H groups in total. The third kappa shape index (κ3) is 4.28. The van der Waals surface area contributed by atoms with Crippen molar-refractivity contribution in [3.05, 3.63) is 58.6 Å². The van der Waals surface area contributed by atoms with Crippen molar-refractivity contribution in [1.82, 2.24) is 15.5 Å². The molecular weight excluding hydrogens is 378 g/mol. The summed E-state index contributed by atoms with van der Waals surface area (Å²) in [4.78, 5) is 28.5. The summed E-state index contributed by atoms with van der Waals surface area (Å²) < 4.78 is 5.18. The number of thiophene rings is 1. The van der Waals surface area contributed by atoms with E-state index in [1.54, 1.807) is 31.2 Å². The summed E-state index contributed by atoms with van der Waals surface area (Å²) in [6, 6.07) is 10.9. The summed E-state index contributed by atoms with van der Waals surface area (Å²) >= 11 is 1.54. The lowest BCUT2D eigenvalue weighted by molar-refractivity contribution is -0.144. The molecule has 146 valence electrons. The first-order valence-electron chi connectivity index (χ1n) is 8.96. The van der Waals surface area contributed by atoms with E-state index >= 15 is 0 Å². The molecule has 8 heteroatoms. The minimum atomic E-state index is -1.16. The molecule has 1 amide bonds. The highest BCUT2D eigenvalue weighted by molar-refractivity contribution is 7.08. The standard InChI is InChI=1S/C20H21N3O4S/c1-2-20(19(25)26,15-6-4-3-5-7-15)13-21-16(24)8-9-17-22-18(23-27-17)14-10-11-28-12-14/h3-7,10-12H,2,8-9,13H2,1H3,(H,21,24)(H,25,26). The molecule has 1 atom stereocenters. The van der Waals surface area contributed by atoms with Crippen molar-refractivity contribution in [1.29, 1.82) is 0 Å². The zero-order valence-electron chi connectivity index (χ0n) is 15.4. The Kier molecular flexibility index (Phi) is 6.20. The molecule has 0 aliphatic carbocycles. The number of nitrogens with one attached hydrogen (secondary N) is 1. The fraction of sp³-hybridized carbons (Fsp3) is 0.300. The molecule has 0 saturated carbocycles. The number of hydrogen-bond donors (Lipinski definition) is 2. The van der Waals surface area contributed by atoms with Crippen LogP contribution in [0, 0.1) is 0 Å². The second-order valence-corrected chi connectivity index (χ2v) is 7.19. The average molecular weight is 399 g/mol. The van der Waals surface area contributed by atoms with Gasteiger partial charge in [-0.3, -0.25) is 9.59 Å². The minimum Gasteiger partial charge on any atom is -0.481 e. The van der Waals surface area contributed by atoms with Crippen LogP contribution in [-0.2, 0) is 21.4 Å². The van der Waals surface area contributed by atoms with Crippen LogP contribution in [0.3, 0.4) is 0 Å². The van der Waals surface area contributed by atoms with Gasteiger partial charge in [-0.15, -0.1) is 0 Å². The Labute approximate surface area is 166 Å². The Bertz CT molecular complexity index is 924. The van der Waals surface area contributed by atoms with E-state index in [0.717, 1.165) is 5.56 Å². The summed E-state index contributed by atoms with van der Waals surface area (Å²) in [6.07, 6.45) is 0.792. The number of carbonyl (C=O) groups excluding carboxylic acids is 1. The number of benzene rings is 1. The van der Waals surface area contributed by atoms with Gasteiger partial charge in [0.25, 0.3) is 0 Å². The van der Waals surface area contributed by atoms with Gasteiger partial charge in [0.05, 0.1) is 0 Å². The maximum atomic E-state index is 12.3. The highest BCUT2D eigenvalue weighted by Gasteiger charge is 2.38. The van der Waals surface area contributed by atoms with Crippen LogP contribution < -0.4 is 5.32 Å². The summed E-state index contributed by atoms with van der Waals surface area (Å²) in [5, 5.41) is 20.3. The highest BCUT2D eigenvalue weighted by Crippen LogP contribution is 2.28. The van der Waals surface area contributed by atoms with Crippen molar-refractivity contribution in [3.63, 3.8) is 0 Å². The van der Waals surface area contributed by atoms with Crippen molar-refractivity contribution >= 4 is 23.2 Å². The van der Waals surface area contributed by atoms with Crippen LogP contribution in [0.1, 0.15) is 31.2 Å². The number of nitrogens with zero attached hydrogens (tertiary/aromatic N) is 2. The van der Waals surface area contributed by atoms with Gasteiger partial charge >= 0.3 is 5.97 Å². The largest absolute Gasteiger partial charge is 0.481 e. The Hall–Kier alpha value is -3.00. The van der Waals surface area contributed by atoms with E-state index in [1.165, 1.54) is 11.3 Å². The molecule has 0 bridgehead atoms. The van der Waals surface area contributed by atoms with E-state index in [2.05, 4.69) is 15.5 Å². The SMILES string of the molecule is CCC(CNC(=O)CCc1nc(-c2ccsc2)no1)(C(=O)O)c1ccccc1. The molecule has 0 saturated heterocycles. The number of hydrogen-bond acceptors (Lipinski definition) is 6. The van der Waals surface area contributed by atoms with Gasteiger partial charge in [0.2, 0.25) is 17.6 Å². The van der Waals surface area contributed by atoms with E-state index in [9.17, 15) is 14.7 Å². The molecule has 0 aliphatic heterocycles. The summed E-state index contributed by atoms with van der Waals surface area (Å²) in [6.45, 7) is 1.82. The maximum Gasteiger partial charge on any atom is 0.315 e. The fourth-order valence-electron chi connectivity index (χ4n) is 2.96. The third-order valence-corrected chi connectivity index (χ3v) is 5.42. The van der Waals surface area contributed by atoms with E-state index in [1.807, 2.05) is 22.9 Å². The molecule has 0 fully saturated rings. The third-order valence-electron chi connectivity index (χ3n) is 4.74. The second-order valence-electron chi connectivity index (χ2n) is 6.41. The second kappa shape index (κ2) is 8.79. The molecule has 3 aromatic rings. The Balaban J connectivity index is 1.59. The van der Waals surface area contributed by atoms with Gasteiger partial charge in [-0.05, 0) is 23.4 Å². The predicted octanol–water partition coefficient (Wildman–Crippen LogP) is 3.28. The van der Waals surface area contributed by atoms with Gasteiger partial charge in [0.15, 0.2) is 0 Å². The first-order chi connectivity index (χ1) is 13.5. The average Bonchev–Trinajstić information content (AvgIpc) is 3.39. The molecule has 7 nitrogen and oxygen atoms in total. The van der Waals surface area contributed by atoms with Crippen molar-refractivity contribution in [2.24, 2.45) is 0 Å². The van der Waals surface area contributed by atoms with Crippen LogP contribution in [-0.4, -0.2) is 33.7 Å². The molecule has 1 aromatic carbocycles. The monoisotopic (exact) mass is 399 g/mol. The number of carbonyl (C=O) groups is 2. The normalized spacial score (nSPS) is 13.0. The molecular formula is C20H21N3O4S. The Morgan fingerprint density at radius 3 is 2.68 bits per heavy atom. The van der Waals surface area contributed by atoms with Crippen molar-refractivity contribution < 1.29 is 19.2 Å². The van der Waals surface area contributed by atoms with Crippen LogP contribution in [0.25, 0.3) is 11.4 Å². The lowest BCUT2D eigenvalue weighted by Crippen LogP contribution is -2.46. The Morgan fingerprint density at radius 2 is 2.04 bits per heavy atom. The van der Waals surface area contributed by atoms with Crippen molar-refractivity contribution in [2.75, 3.05) is 6.54 Å². The van der Waals surface area contributed by atoms with Crippen LogP contribution in [0.4, 0.5) is 0 Å². The maximum absolute atomic E-state index is 12.3. The number of carboxylic acid groups (broad SMARTS) is 1. The molecule has 28 heavy (non-hydrogen) atoms. The number of aromatic nitrogens is 2. The molecule has 0 radical (unpaired) electrons. The number of aryl methyl sites for hydroxylation is 1. The number of carboxylic acids is 1. The predicted molar refractivity (Wildman–Crippen MR) is 105 cm³/mol. The lowest BCUT2D eigenvalue weighted by atomic mass is 9.78. The molecule has 3 rings (SSSR count). The summed E-state index contributed by atoms with van der Waals surface area (Å²) in [5.74, 6) is -0.347. The fourth-order valence-corrected chi connectivity index (χ4v) is 3.60. The van der Waals surface area contributed by atoms with Crippen LogP contribution >= 0.6 is 11.3 Å². The van der Waals surface area contributed by atoms with E-state index in [0.29, 0.717) is 30.1 Å². The minimum absolute atomic E-state index is 0.0195. The smallest absolute Gasteiger partial charge is 0.315 e. The number of aliphatic carboxylic acids is 1. The van der Waals surface area contributed by atoms with Crippen LogP contribution in [0.2, 0.25) is 0 Å². The number of amides is 1. The van der Waals surface area contributed by atoms with Gasteiger partial charge in [-0.1, -0.05) is 42.4 Å². The summed E-state index contributed by atoms with van der Waals surface area (Å²) in [7, 11) is 0. The molecule has 2 aromatic heterocycles. The summed E-state index contributed by atoms with van der Waals surface area (Å²) in [5.41, 5.74) is 0.386. The van der Waals surface area contributed by atoms with Gasteiger partial charge in [-0.25, -0.2) is 0 Å². The van der Waals surface area contributed by atoms with Crippen molar-refractivity contribution in [3.8, 4) is 11.4 Å². The molecule has 1 unspecified atom stereocenters. The van der Waals surface area contributed by atoms with Gasteiger partial charge in [0, 0.05) is 30.3 Å². The van der Waals surface area contributed by atoms with Crippen LogP contribution in [0.15, 0.2) is 51.7 Å². The topological polar surface area (TPSA) is 105 Å². The first-order valence-corrected chi connectivity index (χ1v) is 9.90. The van der Waals surface area contributed by atoms with Crippen LogP contribution in [0.5, 0.6) is 0 Å². The molecule has 2 heterocycles.